The van der Waals surface area contributed by atoms with Crippen LogP contribution in [-0.4, -0.2) is 56.4 Å². The number of rotatable bonds is 4. The summed E-state index contributed by atoms with van der Waals surface area (Å²) in [5.41, 5.74) is 0.277. The molecule has 6 nitrogen and oxygen atoms in total. The minimum atomic E-state index is -0.924. The number of alkyl halides is 2. The summed E-state index contributed by atoms with van der Waals surface area (Å²) in [6.45, 7) is 6.65. The molecule has 1 aromatic heterocycles. The minimum Gasteiger partial charge on any atom is -0.340 e. The maximum absolute atomic E-state index is 12.7. The number of halogens is 2. The third-order valence-corrected chi connectivity index (χ3v) is 6.81. The predicted molar refractivity (Wildman–Crippen MR) is 103 cm³/mol. The zero-order chi connectivity index (χ0) is 19.2. The van der Waals surface area contributed by atoms with Crippen molar-refractivity contribution in [1.82, 2.24) is 19.9 Å². The first-order chi connectivity index (χ1) is 12.8. The Kier molecular flexibility index (Phi) is 4.69. The van der Waals surface area contributed by atoms with Crippen LogP contribution in [-0.2, 0) is 4.79 Å². The highest BCUT2D eigenvalue weighted by atomic mass is 35.5. The molecule has 0 spiro atoms. The lowest BCUT2D eigenvalue weighted by Gasteiger charge is -2.38. The van der Waals surface area contributed by atoms with E-state index in [0.29, 0.717) is 31.2 Å². The second kappa shape index (κ2) is 6.76. The molecule has 1 aliphatic heterocycles. The molecule has 1 aromatic carbocycles. The Morgan fingerprint density at radius 3 is 2.41 bits per heavy atom. The van der Waals surface area contributed by atoms with Crippen LogP contribution < -0.4 is 0 Å². The lowest BCUT2D eigenvalue weighted by molar-refractivity contribution is -0.138. The summed E-state index contributed by atoms with van der Waals surface area (Å²) in [4.78, 5) is 21.4. The zero-order valence-corrected chi connectivity index (χ0v) is 16.9. The monoisotopic (exact) mass is 408 g/mol. The summed E-state index contributed by atoms with van der Waals surface area (Å²) in [7, 11) is 0. The van der Waals surface area contributed by atoms with Crippen molar-refractivity contribution in [3.8, 4) is 11.4 Å². The molecular formula is C19H22Cl2N4O2. The molecule has 2 fully saturated rings. The van der Waals surface area contributed by atoms with Gasteiger partial charge in [-0.3, -0.25) is 9.69 Å². The summed E-state index contributed by atoms with van der Waals surface area (Å²) in [6.07, 6.45) is 0.517. The van der Waals surface area contributed by atoms with Crippen molar-refractivity contribution in [2.24, 2.45) is 5.41 Å². The highest BCUT2D eigenvalue weighted by molar-refractivity contribution is 6.53. The number of carbonyl (C=O) groups is 1. The normalized spacial score (nSPS) is 26.0. The van der Waals surface area contributed by atoms with Gasteiger partial charge in [-0.2, -0.15) is 4.98 Å². The maximum atomic E-state index is 12.7. The average molecular weight is 409 g/mol. The predicted octanol–water partition coefficient (Wildman–Crippen LogP) is 3.53. The fraction of sp³-hybridized carbons (Fsp3) is 0.526. The lowest BCUT2D eigenvalue weighted by Crippen LogP contribution is -2.51. The molecule has 144 valence electrons. The van der Waals surface area contributed by atoms with Crippen LogP contribution in [0, 0.1) is 5.41 Å². The van der Waals surface area contributed by atoms with E-state index in [0.717, 1.165) is 18.7 Å². The van der Waals surface area contributed by atoms with Crippen LogP contribution in [0.2, 0.25) is 0 Å². The quantitative estimate of drug-likeness (QED) is 0.724. The maximum Gasteiger partial charge on any atom is 0.244 e. The Morgan fingerprint density at radius 1 is 1.19 bits per heavy atom. The van der Waals surface area contributed by atoms with Crippen LogP contribution in [0.1, 0.15) is 32.2 Å². The van der Waals surface area contributed by atoms with Gasteiger partial charge in [-0.25, -0.2) is 0 Å². The molecule has 1 aliphatic carbocycles. The van der Waals surface area contributed by atoms with Gasteiger partial charge >= 0.3 is 0 Å². The lowest BCUT2D eigenvalue weighted by atomic mass is 10.1. The zero-order valence-electron chi connectivity index (χ0n) is 15.4. The number of aromatic nitrogens is 2. The number of nitrogens with zero attached hydrogens (tertiary/aromatic N) is 4. The fourth-order valence-electron chi connectivity index (χ4n) is 3.56. The van der Waals surface area contributed by atoms with Crippen LogP contribution in [0.4, 0.5) is 0 Å². The Bertz CT molecular complexity index is 833. The molecule has 0 bridgehead atoms. The van der Waals surface area contributed by atoms with E-state index in [1.165, 1.54) is 0 Å². The van der Waals surface area contributed by atoms with E-state index in [9.17, 15) is 4.79 Å². The molecule has 8 heteroatoms. The summed E-state index contributed by atoms with van der Waals surface area (Å²) in [5.74, 6) is 1.22. The van der Waals surface area contributed by atoms with Gasteiger partial charge in [0, 0.05) is 31.7 Å². The van der Waals surface area contributed by atoms with Crippen LogP contribution in [0.25, 0.3) is 11.4 Å². The molecule has 1 amide bonds. The average Bonchev–Trinajstić information content (AvgIpc) is 3.03. The Hall–Kier alpha value is -1.63. The van der Waals surface area contributed by atoms with Gasteiger partial charge in [0.1, 0.15) is 4.33 Å². The second-order valence-electron chi connectivity index (χ2n) is 7.54. The molecule has 2 aromatic rings. The van der Waals surface area contributed by atoms with E-state index in [2.05, 4.69) is 15.0 Å². The molecule has 27 heavy (non-hydrogen) atoms. The standard InChI is InChI=1S/C19H22Cl2N4O2/c1-13(16-22-15(23-27-16)14-6-4-3-5-7-14)24-8-10-25(11-9-24)17(26)18(2)12-19(18,20)21/h3-7,13H,8-12H2,1-2H3. The summed E-state index contributed by atoms with van der Waals surface area (Å²) in [5, 5.41) is 4.10. The summed E-state index contributed by atoms with van der Waals surface area (Å²) in [6, 6.07) is 9.74. The van der Waals surface area contributed by atoms with Crippen molar-refractivity contribution >= 4 is 29.1 Å². The van der Waals surface area contributed by atoms with Gasteiger partial charge in [-0.05, 0) is 20.3 Å². The number of hydrogen-bond acceptors (Lipinski definition) is 5. The van der Waals surface area contributed by atoms with Crippen LogP contribution >= 0.6 is 23.2 Å². The Morgan fingerprint density at radius 2 is 1.81 bits per heavy atom. The van der Waals surface area contributed by atoms with Gasteiger partial charge in [0.2, 0.25) is 17.6 Å². The molecule has 1 saturated carbocycles. The SMILES string of the molecule is CC(c1nc(-c2ccccc2)no1)N1CCN(C(=O)C2(C)CC2(Cl)Cl)CC1. The van der Waals surface area contributed by atoms with Crippen molar-refractivity contribution in [3.63, 3.8) is 0 Å². The van der Waals surface area contributed by atoms with E-state index in [4.69, 9.17) is 27.7 Å². The first-order valence-corrected chi connectivity index (χ1v) is 9.88. The fourth-order valence-corrected chi connectivity index (χ4v) is 4.25. The number of piperazine rings is 1. The number of amides is 1. The van der Waals surface area contributed by atoms with Gasteiger partial charge in [0.25, 0.3) is 0 Å². The van der Waals surface area contributed by atoms with Crippen LogP contribution in [0.15, 0.2) is 34.9 Å². The largest absolute Gasteiger partial charge is 0.340 e. The van der Waals surface area contributed by atoms with E-state index >= 15 is 0 Å². The third kappa shape index (κ3) is 3.35. The van der Waals surface area contributed by atoms with E-state index in [1.54, 1.807) is 0 Å². The molecule has 1 saturated heterocycles. The minimum absolute atomic E-state index is 0.0103. The molecule has 2 unspecified atom stereocenters. The summed E-state index contributed by atoms with van der Waals surface area (Å²) < 4.78 is 4.56. The third-order valence-electron chi connectivity index (χ3n) is 5.71. The molecule has 0 N–H and O–H groups in total. The number of hydrogen-bond donors (Lipinski definition) is 0. The Balaban J connectivity index is 1.37. The molecule has 0 radical (unpaired) electrons. The Labute approximate surface area is 168 Å². The van der Waals surface area contributed by atoms with Crippen molar-refractivity contribution in [2.75, 3.05) is 26.2 Å². The van der Waals surface area contributed by atoms with Crippen molar-refractivity contribution in [3.05, 3.63) is 36.2 Å². The smallest absolute Gasteiger partial charge is 0.244 e. The molecular weight excluding hydrogens is 387 g/mol. The van der Waals surface area contributed by atoms with E-state index in [1.807, 2.05) is 49.1 Å². The van der Waals surface area contributed by atoms with Gasteiger partial charge in [0.05, 0.1) is 11.5 Å². The van der Waals surface area contributed by atoms with Gasteiger partial charge < -0.3 is 9.42 Å². The second-order valence-corrected chi connectivity index (χ2v) is 9.02. The highest BCUT2D eigenvalue weighted by Crippen LogP contribution is 2.64. The first-order valence-electron chi connectivity index (χ1n) is 9.12. The van der Waals surface area contributed by atoms with Gasteiger partial charge in [-0.1, -0.05) is 35.5 Å². The molecule has 4 rings (SSSR count). The highest BCUT2D eigenvalue weighted by Gasteiger charge is 2.68. The van der Waals surface area contributed by atoms with Crippen molar-refractivity contribution in [2.45, 2.75) is 30.6 Å². The molecule has 2 heterocycles. The van der Waals surface area contributed by atoms with Crippen molar-refractivity contribution in [1.29, 1.82) is 0 Å². The van der Waals surface area contributed by atoms with E-state index in [-0.39, 0.29) is 11.9 Å². The number of benzene rings is 1. The topological polar surface area (TPSA) is 62.5 Å². The van der Waals surface area contributed by atoms with Crippen LogP contribution in [0.5, 0.6) is 0 Å². The van der Waals surface area contributed by atoms with E-state index < -0.39 is 9.75 Å². The van der Waals surface area contributed by atoms with Crippen molar-refractivity contribution < 1.29 is 9.32 Å². The summed E-state index contributed by atoms with van der Waals surface area (Å²) >= 11 is 12.3. The first kappa shape index (κ1) is 18.7. The van der Waals surface area contributed by atoms with Gasteiger partial charge in [-0.15, -0.1) is 23.2 Å². The molecule has 2 atom stereocenters. The number of carbonyl (C=O) groups excluding carboxylic acids is 1. The van der Waals surface area contributed by atoms with Gasteiger partial charge in [0.15, 0.2) is 0 Å². The van der Waals surface area contributed by atoms with Crippen LogP contribution in [0.3, 0.4) is 0 Å². The molecule has 2 aliphatic rings.